The molecule has 1 heterocycles. The Bertz CT molecular complexity index is 871. The highest BCUT2D eigenvalue weighted by molar-refractivity contribution is 6.00. The van der Waals surface area contributed by atoms with E-state index in [1.54, 1.807) is 6.08 Å². The number of hydrogen-bond acceptors (Lipinski definition) is 5. The highest BCUT2D eigenvalue weighted by atomic mass is 16.5. The van der Waals surface area contributed by atoms with Gasteiger partial charge >= 0.3 is 0 Å². The molecule has 0 amide bonds. The zero-order valence-corrected chi connectivity index (χ0v) is 15.0. The van der Waals surface area contributed by atoms with E-state index in [4.69, 9.17) is 15.2 Å². The SMILES string of the molecule is C=CCOc1ccccc1[C@H]1C(C#N)=C(N)OC2=C1C(=O)CC(C)(C)C2. The van der Waals surface area contributed by atoms with E-state index in [0.717, 1.165) is 5.56 Å². The lowest BCUT2D eigenvalue weighted by Gasteiger charge is -2.37. The fourth-order valence-electron chi connectivity index (χ4n) is 3.59. The van der Waals surface area contributed by atoms with Crippen LogP contribution in [0, 0.1) is 16.7 Å². The largest absolute Gasteiger partial charge is 0.489 e. The van der Waals surface area contributed by atoms with E-state index < -0.39 is 5.92 Å². The minimum absolute atomic E-state index is 0.0139. The van der Waals surface area contributed by atoms with Crippen LogP contribution >= 0.6 is 0 Å². The number of rotatable bonds is 4. The van der Waals surface area contributed by atoms with Gasteiger partial charge in [0.25, 0.3) is 0 Å². The summed E-state index contributed by atoms with van der Waals surface area (Å²) in [7, 11) is 0. The van der Waals surface area contributed by atoms with Gasteiger partial charge in [0.15, 0.2) is 5.78 Å². The predicted molar refractivity (Wildman–Crippen MR) is 97.8 cm³/mol. The molecule has 0 saturated heterocycles. The number of carbonyl (C=O) groups excluding carboxylic acids is 1. The molecule has 0 spiro atoms. The number of para-hydroxylation sites is 1. The summed E-state index contributed by atoms with van der Waals surface area (Å²) in [6, 6.07) is 9.51. The average Bonchev–Trinajstić information content (AvgIpc) is 2.58. The fraction of sp³-hybridized carbons (Fsp3) is 0.333. The van der Waals surface area contributed by atoms with Gasteiger partial charge in [0, 0.05) is 24.0 Å². The van der Waals surface area contributed by atoms with Crippen molar-refractivity contribution in [3.63, 3.8) is 0 Å². The molecule has 134 valence electrons. The summed E-state index contributed by atoms with van der Waals surface area (Å²) in [4.78, 5) is 13.0. The number of nitriles is 1. The molecule has 0 aromatic heterocycles. The van der Waals surface area contributed by atoms with Crippen LogP contribution in [0.15, 0.2) is 59.7 Å². The van der Waals surface area contributed by atoms with Crippen molar-refractivity contribution in [2.24, 2.45) is 11.1 Å². The molecule has 0 saturated carbocycles. The molecule has 2 aliphatic rings. The number of ketones is 1. The van der Waals surface area contributed by atoms with Crippen molar-refractivity contribution in [3.05, 3.63) is 65.3 Å². The number of nitrogens with two attached hydrogens (primary N) is 1. The first-order chi connectivity index (χ1) is 12.4. The summed E-state index contributed by atoms with van der Waals surface area (Å²) < 4.78 is 11.5. The van der Waals surface area contributed by atoms with Crippen LogP contribution in [0.1, 0.15) is 38.2 Å². The summed E-state index contributed by atoms with van der Waals surface area (Å²) in [6.07, 6.45) is 2.65. The van der Waals surface area contributed by atoms with Crippen LogP contribution in [0.4, 0.5) is 0 Å². The second-order valence-corrected chi connectivity index (χ2v) is 7.34. The molecule has 1 aromatic carbocycles. The molecule has 0 radical (unpaired) electrons. The second-order valence-electron chi connectivity index (χ2n) is 7.34. The summed E-state index contributed by atoms with van der Waals surface area (Å²) in [5.41, 5.74) is 7.33. The molecule has 0 unspecified atom stereocenters. The van der Waals surface area contributed by atoms with Crippen LogP contribution in [-0.2, 0) is 9.53 Å². The lowest BCUT2D eigenvalue weighted by molar-refractivity contribution is -0.119. The first kappa shape index (κ1) is 17.8. The van der Waals surface area contributed by atoms with Crippen LogP contribution in [0.2, 0.25) is 0 Å². The van der Waals surface area contributed by atoms with Crippen LogP contribution in [0.5, 0.6) is 5.75 Å². The molecule has 1 aliphatic heterocycles. The van der Waals surface area contributed by atoms with Gasteiger partial charge in [-0.2, -0.15) is 5.26 Å². The zero-order valence-electron chi connectivity index (χ0n) is 15.0. The third-order valence-corrected chi connectivity index (χ3v) is 4.66. The Morgan fingerprint density at radius 3 is 2.85 bits per heavy atom. The highest BCUT2D eigenvalue weighted by Gasteiger charge is 2.43. The number of allylic oxidation sites excluding steroid dienone is 3. The Morgan fingerprint density at radius 2 is 2.15 bits per heavy atom. The first-order valence-electron chi connectivity index (χ1n) is 8.54. The van der Waals surface area contributed by atoms with Gasteiger partial charge in [-0.3, -0.25) is 4.79 Å². The van der Waals surface area contributed by atoms with Gasteiger partial charge in [0.05, 0.1) is 5.92 Å². The number of benzene rings is 1. The second kappa shape index (κ2) is 6.72. The van der Waals surface area contributed by atoms with Gasteiger partial charge in [-0.15, -0.1) is 0 Å². The van der Waals surface area contributed by atoms with E-state index >= 15 is 0 Å². The third kappa shape index (κ3) is 3.11. The number of nitrogens with zero attached hydrogens (tertiary/aromatic N) is 1. The summed E-state index contributed by atoms with van der Waals surface area (Å²) >= 11 is 0. The summed E-state index contributed by atoms with van der Waals surface area (Å²) in [5.74, 6) is 0.629. The standard InChI is InChI=1S/C21H22N2O3/c1-4-9-25-16-8-6-5-7-13(16)18-14(12-22)20(23)26-17-11-21(2,3)10-15(24)19(17)18/h4-8,18H,1,9-11,23H2,2-3H3/t18-/m0/s1. The van der Waals surface area contributed by atoms with E-state index in [1.165, 1.54) is 0 Å². The molecule has 2 N–H and O–H groups in total. The van der Waals surface area contributed by atoms with Crippen molar-refractivity contribution >= 4 is 5.78 Å². The molecule has 1 aliphatic carbocycles. The maximum atomic E-state index is 13.0. The van der Waals surface area contributed by atoms with Gasteiger partial charge in [-0.1, -0.05) is 44.7 Å². The minimum Gasteiger partial charge on any atom is -0.489 e. The van der Waals surface area contributed by atoms with Gasteiger partial charge in [-0.25, -0.2) is 0 Å². The molecule has 1 atom stereocenters. The van der Waals surface area contributed by atoms with E-state index in [0.29, 0.717) is 36.5 Å². The number of Topliss-reactive ketones (excluding diaryl/α,β-unsaturated/α-hetero) is 1. The van der Waals surface area contributed by atoms with Crippen molar-refractivity contribution < 1.29 is 14.3 Å². The molecule has 5 heteroatoms. The minimum atomic E-state index is -0.576. The van der Waals surface area contributed by atoms with Crippen molar-refractivity contribution in [1.82, 2.24) is 0 Å². The van der Waals surface area contributed by atoms with Gasteiger partial charge in [0.2, 0.25) is 5.88 Å². The van der Waals surface area contributed by atoms with Crippen LogP contribution in [-0.4, -0.2) is 12.4 Å². The van der Waals surface area contributed by atoms with Gasteiger partial charge in [-0.05, 0) is 11.5 Å². The van der Waals surface area contributed by atoms with Crippen LogP contribution < -0.4 is 10.5 Å². The van der Waals surface area contributed by atoms with Crippen LogP contribution in [0.25, 0.3) is 0 Å². The molecule has 3 rings (SSSR count). The number of ether oxygens (including phenoxy) is 2. The van der Waals surface area contributed by atoms with Crippen molar-refractivity contribution in [2.75, 3.05) is 6.61 Å². The predicted octanol–water partition coefficient (Wildman–Crippen LogP) is 3.70. The van der Waals surface area contributed by atoms with Gasteiger partial charge in [0.1, 0.15) is 29.8 Å². The Kier molecular flexibility index (Phi) is 4.60. The summed E-state index contributed by atoms with van der Waals surface area (Å²) in [5, 5.41) is 9.68. The van der Waals surface area contributed by atoms with Crippen molar-refractivity contribution in [3.8, 4) is 11.8 Å². The Hall–Kier alpha value is -3.00. The molecular formula is C21H22N2O3. The Morgan fingerprint density at radius 1 is 1.42 bits per heavy atom. The zero-order chi connectivity index (χ0) is 18.9. The maximum absolute atomic E-state index is 13.0. The smallest absolute Gasteiger partial charge is 0.205 e. The van der Waals surface area contributed by atoms with Crippen LogP contribution in [0.3, 0.4) is 0 Å². The topological polar surface area (TPSA) is 85.3 Å². The fourth-order valence-corrected chi connectivity index (χ4v) is 3.59. The highest BCUT2D eigenvalue weighted by Crippen LogP contribution is 2.49. The number of carbonyl (C=O) groups is 1. The molecule has 1 aromatic rings. The first-order valence-corrected chi connectivity index (χ1v) is 8.54. The lowest BCUT2D eigenvalue weighted by Crippen LogP contribution is -2.33. The average molecular weight is 350 g/mol. The maximum Gasteiger partial charge on any atom is 0.205 e. The quantitative estimate of drug-likeness (QED) is 0.837. The molecule has 26 heavy (non-hydrogen) atoms. The van der Waals surface area contributed by atoms with Crippen molar-refractivity contribution in [1.29, 1.82) is 5.26 Å². The molecule has 0 fully saturated rings. The Balaban J connectivity index is 2.18. The van der Waals surface area contributed by atoms with E-state index in [1.807, 2.05) is 38.1 Å². The van der Waals surface area contributed by atoms with Crippen molar-refractivity contribution in [2.45, 2.75) is 32.6 Å². The monoisotopic (exact) mass is 350 g/mol. The normalized spacial score (nSPS) is 21.6. The van der Waals surface area contributed by atoms with Gasteiger partial charge < -0.3 is 15.2 Å². The molecule has 0 bridgehead atoms. The third-order valence-electron chi connectivity index (χ3n) is 4.66. The van der Waals surface area contributed by atoms with E-state index in [-0.39, 0.29) is 22.7 Å². The Labute approximate surface area is 153 Å². The molecular weight excluding hydrogens is 328 g/mol. The summed E-state index contributed by atoms with van der Waals surface area (Å²) in [6.45, 7) is 8.04. The van der Waals surface area contributed by atoms with E-state index in [2.05, 4.69) is 12.6 Å². The van der Waals surface area contributed by atoms with E-state index in [9.17, 15) is 10.1 Å². The molecule has 5 nitrogen and oxygen atoms in total. The number of hydrogen-bond donors (Lipinski definition) is 1. The lowest BCUT2D eigenvalue weighted by atomic mass is 9.70.